The molecular weight excluding hydrogens is 204 g/mol. The summed E-state index contributed by atoms with van der Waals surface area (Å²) < 4.78 is 0. The van der Waals surface area contributed by atoms with E-state index >= 15 is 0 Å². The van der Waals surface area contributed by atoms with E-state index in [9.17, 15) is 9.90 Å². The third-order valence-electron chi connectivity index (χ3n) is 2.68. The van der Waals surface area contributed by atoms with E-state index in [0.29, 0.717) is 6.54 Å². The first-order valence-corrected chi connectivity index (χ1v) is 5.32. The van der Waals surface area contributed by atoms with E-state index in [-0.39, 0.29) is 23.2 Å². The zero-order valence-corrected chi connectivity index (χ0v) is 9.45. The molecule has 16 heavy (non-hydrogen) atoms. The number of amides is 1. The van der Waals surface area contributed by atoms with Crippen molar-refractivity contribution in [2.45, 2.75) is 25.4 Å². The predicted octanol–water partition coefficient (Wildman–Crippen LogP) is 0.931. The maximum atomic E-state index is 11.9. The summed E-state index contributed by atoms with van der Waals surface area (Å²) in [6, 6.07) is 6.39. The Labute approximate surface area is 94.7 Å². The number of rotatable bonds is 1. The summed E-state index contributed by atoms with van der Waals surface area (Å²) in [7, 11) is 0. The fourth-order valence-corrected chi connectivity index (χ4v) is 1.87. The zero-order valence-electron chi connectivity index (χ0n) is 9.45. The topological polar surface area (TPSA) is 61.4 Å². The Morgan fingerprint density at radius 3 is 2.81 bits per heavy atom. The molecule has 4 nitrogen and oxygen atoms in total. The van der Waals surface area contributed by atoms with Gasteiger partial charge in [-0.05, 0) is 31.5 Å². The van der Waals surface area contributed by atoms with Crippen LogP contribution in [0.1, 0.15) is 25.5 Å². The van der Waals surface area contributed by atoms with Gasteiger partial charge >= 0.3 is 0 Å². The molecular formula is C12H16N2O2. The SMILES string of the molecule is CC1(C)CNC(c2cccc(O)c2)C(=O)N1. The van der Waals surface area contributed by atoms with Crippen LogP contribution in [-0.2, 0) is 4.79 Å². The lowest BCUT2D eigenvalue weighted by atomic mass is 9.96. The highest BCUT2D eigenvalue weighted by atomic mass is 16.3. The predicted molar refractivity (Wildman–Crippen MR) is 61.1 cm³/mol. The van der Waals surface area contributed by atoms with Gasteiger partial charge in [-0.15, -0.1) is 0 Å². The summed E-state index contributed by atoms with van der Waals surface area (Å²) >= 11 is 0. The molecule has 4 heteroatoms. The molecule has 0 bridgehead atoms. The van der Waals surface area contributed by atoms with Gasteiger partial charge in [-0.1, -0.05) is 12.1 Å². The van der Waals surface area contributed by atoms with Crippen LogP contribution in [0.2, 0.25) is 0 Å². The third-order valence-corrected chi connectivity index (χ3v) is 2.68. The normalized spacial score (nSPS) is 23.9. The van der Waals surface area contributed by atoms with Crippen molar-refractivity contribution in [2.75, 3.05) is 6.54 Å². The van der Waals surface area contributed by atoms with Gasteiger partial charge in [0.05, 0.1) is 0 Å². The van der Waals surface area contributed by atoms with Crippen LogP contribution in [0, 0.1) is 0 Å². The molecule has 1 fully saturated rings. The van der Waals surface area contributed by atoms with Gasteiger partial charge in [0.15, 0.2) is 0 Å². The first-order chi connectivity index (χ1) is 7.48. The number of piperazine rings is 1. The van der Waals surface area contributed by atoms with E-state index in [4.69, 9.17) is 0 Å². The monoisotopic (exact) mass is 220 g/mol. The van der Waals surface area contributed by atoms with Crippen LogP contribution in [0.5, 0.6) is 5.75 Å². The smallest absolute Gasteiger partial charge is 0.242 e. The number of carbonyl (C=O) groups is 1. The minimum Gasteiger partial charge on any atom is -0.508 e. The van der Waals surface area contributed by atoms with Gasteiger partial charge in [-0.25, -0.2) is 0 Å². The molecule has 1 atom stereocenters. The molecule has 1 saturated heterocycles. The summed E-state index contributed by atoms with van der Waals surface area (Å²) in [4.78, 5) is 11.9. The van der Waals surface area contributed by atoms with E-state index in [1.54, 1.807) is 18.2 Å². The van der Waals surface area contributed by atoms with Gasteiger partial charge in [-0.3, -0.25) is 10.1 Å². The summed E-state index contributed by atoms with van der Waals surface area (Å²) in [5.41, 5.74) is 0.567. The van der Waals surface area contributed by atoms with Crippen molar-refractivity contribution in [3.8, 4) is 5.75 Å². The Morgan fingerprint density at radius 1 is 1.44 bits per heavy atom. The minimum atomic E-state index is -0.375. The van der Waals surface area contributed by atoms with Crippen molar-refractivity contribution in [2.24, 2.45) is 0 Å². The van der Waals surface area contributed by atoms with Gasteiger partial charge in [0.2, 0.25) is 5.91 Å². The number of hydrogen-bond donors (Lipinski definition) is 3. The first-order valence-electron chi connectivity index (χ1n) is 5.32. The van der Waals surface area contributed by atoms with Crippen LogP contribution < -0.4 is 10.6 Å². The van der Waals surface area contributed by atoms with Crippen molar-refractivity contribution in [3.05, 3.63) is 29.8 Å². The van der Waals surface area contributed by atoms with Crippen molar-refractivity contribution in [1.82, 2.24) is 10.6 Å². The number of benzene rings is 1. The number of carbonyl (C=O) groups excluding carboxylic acids is 1. The molecule has 0 aliphatic carbocycles. The van der Waals surface area contributed by atoms with E-state index < -0.39 is 0 Å². The second-order valence-electron chi connectivity index (χ2n) is 4.78. The lowest BCUT2D eigenvalue weighted by molar-refractivity contribution is -0.126. The van der Waals surface area contributed by atoms with Crippen molar-refractivity contribution in [1.29, 1.82) is 0 Å². The van der Waals surface area contributed by atoms with Crippen LogP contribution in [0.4, 0.5) is 0 Å². The molecule has 1 heterocycles. The van der Waals surface area contributed by atoms with Crippen LogP contribution in [-0.4, -0.2) is 23.1 Å². The lowest BCUT2D eigenvalue weighted by Gasteiger charge is -2.36. The van der Waals surface area contributed by atoms with Crippen LogP contribution in [0.15, 0.2) is 24.3 Å². The number of phenolic OH excluding ortho intramolecular Hbond substituents is 1. The number of hydrogen-bond acceptors (Lipinski definition) is 3. The molecule has 0 aromatic heterocycles. The van der Waals surface area contributed by atoms with E-state index in [1.807, 2.05) is 19.9 Å². The molecule has 1 aliphatic heterocycles. The van der Waals surface area contributed by atoms with E-state index in [1.165, 1.54) is 0 Å². The average Bonchev–Trinajstić information content (AvgIpc) is 2.15. The van der Waals surface area contributed by atoms with Gasteiger partial charge < -0.3 is 10.4 Å². The quantitative estimate of drug-likeness (QED) is 0.660. The number of aromatic hydroxyl groups is 1. The fourth-order valence-electron chi connectivity index (χ4n) is 1.87. The summed E-state index contributed by atoms with van der Waals surface area (Å²) in [6.07, 6.45) is 0. The molecule has 0 radical (unpaired) electrons. The van der Waals surface area contributed by atoms with Gasteiger partial charge in [0.25, 0.3) is 0 Å². The molecule has 2 rings (SSSR count). The standard InChI is InChI=1S/C12H16N2O2/c1-12(2)7-13-10(11(16)14-12)8-4-3-5-9(15)6-8/h3-6,10,13,15H,7H2,1-2H3,(H,14,16). The molecule has 0 spiro atoms. The molecule has 3 N–H and O–H groups in total. The summed E-state index contributed by atoms with van der Waals surface area (Å²) in [5.74, 6) is 0.124. The minimum absolute atomic E-state index is 0.0538. The van der Waals surface area contributed by atoms with Gasteiger partial charge in [0.1, 0.15) is 11.8 Å². The molecule has 1 unspecified atom stereocenters. The lowest BCUT2D eigenvalue weighted by Crippen LogP contribution is -2.59. The van der Waals surface area contributed by atoms with Crippen molar-refractivity contribution < 1.29 is 9.90 Å². The Morgan fingerprint density at radius 2 is 2.19 bits per heavy atom. The maximum Gasteiger partial charge on any atom is 0.242 e. The van der Waals surface area contributed by atoms with Gasteiger partial charge in [-0.2, -0.15) is 0 Å². The van der Waals surface area contributed by atoms with Crippen molar-refractivity contribution in [3.63, 3.8) is 0 Å². The largest absolute Gasteiger partial charge is 0.508 e. The highest BCUT2D eigenvalue weighted by molar-refractivity contribution is 5.84. The molecule has 1 aromatic rings. The average molecular weight is 220 g/mol. The zero-order chi connectivity index (χ0) is 11.8. The second kappa shape index (κ2) is 3.79. The molecule has 1 aromatic carbocycles. The Hall–Kier alpha value is -1.55. The first kappa shape index (κ1) is 11.0. The van der Waals surface area contributed by atoms with Crippen LogP contribution in [0.25, 0.3) is 0 Å². The second-order valence-corrected chi connectivity index (χ2v) is 4.78. The maximum absolute atomic E-state index is 11.9. The molecule has 1 aliphatic rings. The molecule has 86 valence electrons. The molecule has 0 saturated carbocycles. The van der Waals surface area contributed by atoms with Crippen LogP contribution in [0.3, 0.4) is 0 Å². The highest BCUT2D eigenvalue weighted by Gasteiger charge is 2.32. The summed E-state index contributed by atoms with van der Waals surface area (Å²) in [6.45, 7) is 4.65. The van der Waals surface area contributed by atoms with Crippen molar-refractivity contribution >= 4 is 5.91 Å². The van der Waals surface area contributed by atoms with E-state index in [0.717, 1.165) is 5.56 Å². The highest BCUT2D eigenvalue weighted by Crippen LogP contribution is 2.22. The Bertz CT molecular complexity index is 415. The van der Waals surface area contributed by atoms with Crippen LogP contribution >= 0.6 is 0 Å². The summed E-state index contributed by atoms with van der Waals surface area (Å²) in [5, 5.41) is 15.5. The fraction of sp³-hybridized carbons (Fsp3) is 0.417. The van der Waals surface area contributed by atoms with E-state index in [2.05, 4.69) is 10.6 Å². The third kappa shape index (κ3) is 2.17. The number of nitrogens with one attached hydrogen (secondary N) is 2. The Kier molecular flexibility index (Phi) is 2.59. The van der Waals surface area contributed by atoms with Gasteiger partial charge in [0, 0.05) is 12.1 Å². The Balaban J connectivity index is 2.21. The molecule has 1 amide bonds. The number of phenols is 1.